The first-order valence-electron chi connectivity index (χ1n) is 9.17. The number of rotatable bonds is 6. The Bertz CT molecular complexity index is 1030. The zero-order valence-electron chi connectivity index (χ0n) is 15.9. The quantitative estimate of drug-likeness (QED) is 0.450. The van der Waals surface area contributed by atoms with E-state index in [-0.39, 0.29) is 17.1 Å². The molecule has 1 amide bonds. The zero-order chi connectivity index (χ0) is 20.1. The number of nitrogens with one attached hydrogen (secondary N) is 1. The normalized spacial score (nSPS) is 11.1. The third kappa shape index (κ3) is 3.91. The molecule has 3 rings (SSSR count). The molecule has 0 aliphatic heterocycles. The molecule has 3 N–H and O–H groups in total. The molecular weight excluding hydrogens is 354 g/mol. The van der Waals surface area contributed by atoms with Crippen molar-refractivity contribution >= 4 is 28.6 Å². The van der Waals surface area contributed by atoms with Crippen LogP contribution in [0.4, 0.5) is 5.69 Å². The highest BCUT2D eigenvalue weighted by Gasteiger charge is 2.13. The molecule has 3 aromatic rings. The standard InChI is InChI=1S/C22H23N3O3/c1-3-25(4-2)17-11-9-16(20(26)13-17)14-23-24-22(28)19-12-10-15-7-5-6-8-18(15)21(19)27/h5-14,26-27H,3-4H2,1-2H3,(H,24,28)/b23-14+. The molecule has 0 aliphatic rings. The van der Waals surface area contributed by atoms with Gasteiger partial charge in [-0.1, -0.05) is 30.3 Å². The second-order valence-corrected chi connectivity index (χ2v) is 6.30. The van der Waals surface area contributed by atoms with Crippen LogP contribution >= 0.6 is 0 Å². The smallest absolute Gasteiger partial charge is 0.275 e. The summed E-state index contributed by atoms with van der Waals surface area (Å²) in [6.45, 7) is 5.78. The molecule has 0 heterocycles. The Morgan fingerprint density at radius 1 is 1.07 bits per heavy atom. The molecule has 3 aromatic carbocycles. The van der Waals surface area contributed by atoms with E-state index in [1.807, 2.05) is 32.0 Å². The summed E-state index contributed by atoms with van der Waals surface area (Å²) in [6.07, 6.45) is 1.37. The van der Waals surface area contributed by atoms with Gasteiger partial charge in [-0.05, 0) is 37.4 Å². The molecule has 0 bridgehead atoms. The van der Waals surface area contributed by atoms with Crippen LogP contribution in [-0.4, -0.2) is 35.4 Å². The summed E-state index contributed by atoms with van der Waals surface area (Å²) in [5.41, 5.74) is 3.93. The Labute approximate surface area is 163 Å². The van der Waals surface area contributed by atoms with Gasteiger partial charge in [0.2, 0.25) is 0 Å². The number of phenolic OH excluding ortho intramolecular Hbond substituents is 2. The molecule has 0 fully saturated rings. The van der Waals surface area contributed by atoms with Gasteiger partial charge in [-0.25, -0.2) is 5.43 Å². The molecule has 144 valence electrons. The fourth-order valence-corrected chi connectivity index (χ4v) is 3.09. The number of carbonyl (C=O) groups is 1. The van der Waals surface area contributed by atoms with Crippen molar-refractivity contribution in [2.45, 2.75) is 13.8 Å². The number of hydrogen-bond donors (Lipinski definition) is 3. The number of hydrazone groups is 1. The van der Waals surface area contributed by atoms with E-state index >= 15 is 0 Å². The van der Waals surface area contributed by atoms with Crippen molar-refractivity contribution in [2.24, 2.45) is 5.10 Å². The van der Waals surface area contributed by atoms with E-state index < -0.39 is 5.91 Å². The minimum absolute atomic E-state index is 0.0796. The van der Waals surface area contributed by atoms with E-state index in [1.165, 1.54) is 6.21 Å². The van der Waals surface area contributed by atoms with Crippen LogP contribution in [0.3, 0.4) is 0 Å². The predicted octanol–water partition coefficient (Wildman–Crippen LogP) is 3.86. The predicted molar refractivity (Wildman–Crippen MR) is 112 cm³/mol. The maximum Gasteiger partial charge on any atom is 0.275 e. The van der Waals surface area contributed by atoms with Gasteiger partial charge in [0, 0.05) is 35.8 Å². The average molecular weight is 377 g/mol. The van der Waals surface area contributed by atoms with Gasteiger partial charge in [0.1, 0.15) is 11.5 Å². The van der Waals surface area contributed by atoms with Crippen LogP contribution in [0.1, 0.15) is 29.8 Å². The molecule has 0 aliphatic carbocycles. The zero-order valence-corrected chi connectivity index (χ0v) is 15.9. The number of nitrogens with zero attached hydrogens (tertiary/aromatic N) is 2. The Kier molecular flexibility index (Phi) is 5.79. The number of anilines is 1. The number of aromatic hydroxyl groups is 2. The molecule has 0 saturated carbocycles. The third-order valence-electron chi connectivity index (χ3n) is 4.66. The minimum Gasteiger partial charge on any atom is -0.507 e. The van der Waals surface area contributed by atoms with E-state index in [0.717, 1.165) is 24.2 Å². The van der Waals surface area contributed by atoms with Crippen molar-refractivity contribution in [3.63, 3.8) is 0 Å². The molecule has 0 saturated heterocycles. The minimum atomic E-state index is -0.529. The van der Waals surface area contributed by atoms with Crippen LogP contribution in [0.25, 0.3) is 10.8 Å². The summed E-state index contributed by atoms with van der Waals surface area (Å²) in [7, 11) is 0. The molecule has 0 unspecified atom stereocenters. The van der Waals surface area contributed by atoms with Crippen LogP contribution in [0.5, 0.6) is 11.5 Å². The Morgan fingerprint density at radius 2 is 1.82 bits per heavy atom. The number of phenols is 2. The summed E-state index contributed by atoms with van der Waals surface area (Å²) in [5, 5.41) is 25.9. The van der Waals surface area contributed by atoms with Crippen molar-refractivity contribution in [3.8, 4) is 11.5 Å². The summed E-state index contributed by atoms with van der Waals surface area (Å²) in [6, 6.07) is 15.9. The van der Waals surface area contributed by atoms with Gasteiger partial charge in [0.25, 0.3) is 5.91 Å². The Morgan fingerprint density at radius 3 is 2.54 bits per heavy atom. The summed E-state index contributed by atoms with van der Waals surface area (Å²) < 4.78 is 0. The molecule has 0 radical (unpaired) electrons. The van der Waals surface area contributed by atoms with Gasteiger partial charge in [-0.3, -0.25) is 4.79 Å². The highest BCUT2D eigenvalue weighted by molar-refractivity contribution is 6.03. The van der Waals surface area contributed by atoms with Crippen LogP contribution < -0.4 is 10.3 Å². The van der Waals surface area contributed by atoms with Crippen LogP contribution in [0.2, 0.25) is 0 Å². The lowest BCUT2D eigenvalue weighted by Gasteiger charge is -2.21. The second-order valence-electron chi connectivity index (χ2n) is 6.30. The monoisotopic (exact) mass is 377 g/mol. The highest BCUT2D eigenvalue weighted by atomic mass is 16.3. The maximum atomic E-state index is 12.4. The SMILES string of the molecule is CCN(CC)c1ccc(/C=N/NC(=O)c2ccc3ccccc3c2O)c(O)c1. The lowest BCUT2D eigenvalue weighted by molar-refractivity contribution is 0.0952. The molecule has 6 nitrogen and oxygen atoms in total. The lowest BCUT2D eigenvalue weighted by Crippen LogP contribution is -2.21. The van der Waals surface area contributed by atoms with Crippen molar-refractivity contribution in [1.82, 2.24) is 5.43 Å². The van der Waals surface area contributed by atoms with E-state index in [1.54, 1.807) is 36.4 Å². The van der Waals surface area contributed by atoms with Crippen LogP contribution in [-0.2, 0) is 0 Å². The number of fused-ring (bicyclic) bond motifs is 1. The van der Waals surface area contributed by atoms with E-state index in [4.69, 9.17) is 0 Å². The van der Waals surface area contributed by atoms with Crippen molar-refractivity contribution in [2.75, 3.05) is 18.0 Å². The Balaban J connectivity index is 1.74. The van der Waals surface area contributed by atoms with Gasteiger partial charge in [-0.15, -0.1) is 0 Å². The maximum absolute atomic E-state index is 12.4. The van der Waals surface area contributed by atoms with E-state index in [9.17, 15) is 15.0 Å². The second kappa shape index (κ2) is 8.43. The fourth-order valence-electron chi connectivity index (χ4n) is 3.09. The average Bonchev–Trinajstić information content (AvgIpc) is 2.71. The number of carbonyl (C=O) groups excluding carboxylic acids is 1. The topological polar surface area (TPSA) is 85.2 Å². The number of benzene rings is 3. The van der Waals surface area contributed by atoms with Gasteiger partial charge in [0.05, 0.1) is 11.8 Å². The van der Waals surface area contributed by atoms with Gasteiger partial charge < -0.3 is 15.1 Å². The van der Waals surface area contributed by atoms with E-state index in [0.29, 0.717) is 10.9 Å². The van der Waals surface area contributed by atoms with Crippen molar-refractivity contribution in [1.29, 1.82) is 0 Å². The lowest BCUT2D eigenvalue weighted by atomic mass is 10.1. The molecule has 0 spiro atoms. The van der Waals surface area contributed by atoms with Crippen molar-refractivity contribution < 1.29 is 15.0 Å². The Hall–Kier alpha value is -3.54. The first kappa shape index (κ1) is 19.2. The molecule has 0 aromatic heterocycles. The number of amides is 1. The van der Waals surface area contributed by atoms with Gasteiger partial charge in [0.15, 0.2) is 0 Å². The van der Waals surface area contributed by atoms with Gasteiger partial charge >= 0.3 is 0 Å². The first-order valence-corrected chi connectivity index (χ1v) is 9.17. The molecule has 28 heavy (non-hydrogen) atoms. The molecule has 6 heteroatoms. The summed E-state index contributed by atoms with van der Waals surface area (Å²) >= 11 is 0. The summed E-state index contributed by atoms with van der Waals surface area (Å²) in [4.78, 5) is 14.5. The van der Waals surface area contributed by atoms with E-state index in [2.05, 4.69) is 15.4 Å². The fraction of sp³-hybridized carbons (Fsp3) is 0.182. The van der Waals surface area contributed by atoms with Crippen LogP contribution in [0.15, 0.2) is 59.7 Å². The molecule has 0 atom stereocenters. The first-order chi connectivity index (χ1) is 13.5. The van der Waals surface area contributed by atoms with Gasteiger partial charge in [-0.2, -0.15) is 5.10 Å². The van der Waals surface area contributed by atoms with Crippen molar-refractivity contribution in [3.05, 3.63) is 65.7 Å². The van der Waals surface area contributed by atoms with Crippen LogP contribution in [0, 0.1) is 0 Å². The summed E-state index contributed by atoms with van der Waals surface area (Å²) in [5.74, 6) is -0.535. The number of hydrogen-bond acceptors (Lipinski definition) is 5. The highest BCUT2D eigenvalue weighted by Crippen LogP contribution is 2.28. The third-order valence-corrected chi connectivity index (χ3v) is 4.66. The molecular formula is C22H23N3O3. The largest absolute Gasteiger partial charge is 0.507 e.